The van der Waals surface area contributed by atoms with Crippen molar-refractivity contribution >= 4 is 9.84 Å². The van der Waals surface area contributed by atoms with Crippen LogP contribution in [0.25, 0.3) is 0 Å². The minimum atomic E-state index is -2.91. The van der Waals surface area contributed by atoms with Gasteiger partial charge in [0.25, 0.3) is 0 Å². The molecule has 4 fully saturated rings. The van der Waals surface area contributed by atoms with Crippen molar-refractivity contribution in [2.75, 3.05) is 12.0 Å². The third kappa shape index (κ3) is 2.64. The lowest BCUT2D eigenvalue weighted by molar-refractivity contribution is -0.118. The van der Waals surface area contributed by atoms with E-state index in [9.17, 15) is 8.42 Å². The molecule has 3 atom stereocenters. The molecule has 4 rings (SSSR count). The van der Waals surface area contributed by atoms with Gasteiger partial charge in [-0.2, -0.15) is 0 Å². The number of sulfone groups is 1. The first-order valence-electron chi connectivity index (χ1n) is 7.88. The lowest BCUT2D eigenvalue weighted by Gasteiger charge is -2.63. The maximum absolute atomic E-state index is 11.5. The molecule has 0 radical (unpaired) electrons. The van der Waals surface area contributed by atoms with E-state index in [2.05, 4.69) is 12.3 Å². The maximum Gasteiger partial charge on any atom is 0.147 e. The normalized spacial score (nSPS) is 44.8. The van der Waals surface area contributed by atoms with Gasteiger partial charge in [0.05, 0.1) is 5.75 Å². The second-order valence-electron chi connectivity index (χ2n) is 8.27. The van der Waals surface area contributed by atoms with Crippen molar-refractivity contribution in [1.82, 2.24) is 5.43 Å². The Kier molecular flexibility index (Phi) is 3.46. The molecule has 3 unspecified atom stereocenters. The third-order valence-corrected chi connectivity index (χ3v) is 7.09. The van der Waals surface area contributed by atoms with E-state index in [1.165, 1.54) is 44.8 Å². The minimum absolute atomic E-state index is 0.155. The van der Waals surface area contributed by atoms with Crippen molar-refractivity contribution in [3.8, 4) is 0 Å². The van der Waals surface area contributed by atoms with Gasteiger partial charge in [-0.05, 0) is 67.6 Å². The highest BCUT2D eigenvalue weighted by Crippen LogP contribution is 2.66. The van der Waals surface area contributed by atoms with Gasteiger partial charge >= 0.3 is 0 Å². The van der Waals surface area contributed by atoms with E-state index in [0.717, 1.165) is 11.8 Å². The Morgan fingerprint density at radius 3 is 2.30 bits per heavy atom. The first kappa shape index (κ1) is 14.8. The van der Waals surface area contributed by atoms with Crippen LogP contribution in [0, 0.1) is 22.7 Å². The molecule has 0 aromatic heterocycles. The highest BCUT2D eigenvalue weighted by molar-refractivity contribution is 7.90. The van der Waals surface area contributed by atoms with Gasteiger partial charge in [0, 0.05) is 12.3 Å². The highest BCUT2D eigenvalue weighted by Gasteiger charge is 2.58. The predicted molar refractivity (Wildman–Crippen MR) is 80.7 cm³/mol. The van der Waals surface area contributed by atoms with Crippen molar-refractivity contribution in [3.05, 3.63) is 0 Å². The highest BCUT2D eigenvalue weighted by atomic mass is 32.2. The SMILES string of the molecule is CC12CC3CC(C1)CC(C(CCS(C)(=O)=O)NN)(C3)C2. The Balaban J connectivity index is 1.80. The minimum Gasteiger partial charge on any atom is -0.271 e. The molecule has 0 aliphatic heterocycles. The first-order chi connectivity index (χ1) is 9.24. The Morgan fingerprint density at radius 2 is 1.85 bits per heavy atom. The van der Waals surface area contributed by atoms with E-state index in [1.54, 1.807) is 0 Å². The van der Waals surface area contributed by atoms with Crippen molar-refractivity contribution < 1.29 is 8.42 Å². The molecule has 4 aliphatic rings. The van der Waals surface area contributed by atoms with Crippen LogP contribution in [0.3, 0.4) is 0 Å². The average Bonchev–Trinajstić information content (AvgIpc) is 2.23. The van der Waals surface area contributed by atoms with Gasteiger partial charge in [0.15, 0.2) is 0 Å². The predicted octanol–water partition coefficient (Wildman–Crippen LogP) is 1.86. The number of nitrogens with two attached hydrogens (primary N) is 1. The second-order valence-corrected chi connectivity index (χ2v) is 10.5. The molecule has 4 nitrogen and oxygen atoms in total. The van der Waals surface area contributed by atoms with E-state index in [-0.39, 0.29) is 17.2 Å². The van der Waals surface area contributed by atoms with Crippen LogP contribution in [0.5, 0.6) is 0 Å². The number of rotatable bonds is 5. The molecule has 4 saturated carbocycles. The maximum atomic E-state index is 11.5. The molecule has 4 bridgehead atoms. The van der Waals surface area contributed by atoms with Gasteiger partial charge in [-0.1, -0.05) is 6.92 Å². The molecule has 116 valence electrons. The Morgan fingerprint density at radius 1 is 1.25 bits per heavy atom. The standard InChI is InChI=1S/C15H28N2O2S/c1-14-6-11-5-12(7-14)9-15(8-11,10-14)13(17-16)3-4-20(2,18)19/h11-13,17H,3-10,16H2,1-2H3. The Bertz CT molecular complexity index is 474. The van der Waals surface area contributed by atoms with E-state index in [4.69, 9.17) is 5.84 Å². The molecule has 0 spiro atoms. The molecule has 0 heterocycles. The van der Waals surface area contributed by atoms with Crippen LogP contribution in [-0.4, -0.2) is 26.5 Å². The zero-order valence-electron chi connectivity index (χ0n) is 12.7. The molecule has 0 amide bonds. The van der Waals surface area contributed by atoms with Crippen molar-refractivity contribution in [3.63, 3.8) is 0 Å². The van der Waals surface area contributed by atoms with Crippen molar-refractivity contribution in [1.29, 1.82) is 0 Å². The number of hydrogen-bond acceptors (Lipinski definition) is 4. The molecule has 4 aliphatic carbocycles. The quantitative estimate of drug-likeness (QED) is 0.600. The van der Waals surface area contributed by atoms with Gasteiger partial charge in [0.2, 0.25) is 0 Å². The van der Waals surface area contributed by atoms with E-state index >= 15 is 0 Å². The summed E-state index contributed by atoms with van der Waals surface area (Å²) in [6, 6.07) is 0.155. The van der Waals surface area contributed by atoms with E-state index in [1.807, 2.05) is 0 Å². The molecule has 3 N–H and O–H groups in total. The topological polar surface area (TPSA) is 72.2 Å². The molecule has 0 aromatic carbocycles. The Hall–Kier alpha value is -0.130. The first-order valence-corrected chi connectivity index (χ1v) is 9.94. The monoisotopic (exact) mass is 300 g/mol. The third-order valence-electron chi connectivity index (χ3n) is 6.12. The number of nitrogens with one attached hydrogen (secondary N) is 1. The molecule has 20 heavy (non-hydrogen) atoms. The van der Waals surface area contributed by atoms with Crippen LogP contribution >= 0.6 is 0 Å². The van der Waals surface area contributed by atoms with E-state index < -0.39 is 9.84 Å². The zero-order valence-corrected chi connectivity index (χ0v) is 13.5. The van der Waals surface area contributed by atoms with Crippen LogP contribution in [0.4, 0.5) is 0 Å². The molecular weight excluding hydrogens is 272 g/mol. The van der Waals surface area contributed by atoms with Crippen LogP contribution in [0.1, 0.15) is 51.9 Å². The summed E-state index contributed by atoms with van der Waals surface area (Å²) in [5.74, 6) is 7.75. The largest absolute Gasteiger partial charge is 0.271 e. The van der Waals surface area contributed by atoms with Crippen LogP contribution < -0.4 is 11.3 Å². The van der Waals surface area contributed by atoms with Crippen LogP contribution in [0.15, 0.2) is 0 Å². The van der Waals surface area contributed by atoms with Crippen LogP contribution in [0.2, 0.25) is 0 Å². The van der Waals surface area contributed by atoms with Gasteiger partial charge < -0.3 is 0 Å². The zero-order chi connectivity index (χ0) is 14.6. The smallest absolute Gasteiger partial charge is 0.147 e. The summed E-state index contributed by atoms with van der Waals surface area (Å²) in [6.07, 6.45) is 9.83. The molecule has 5 heteroatoms. The summed E-state index contributed by atoms with van der Waals surface area (Å²) in [7, 11) is -2.91. The fourth-order valence-electron chi connectivity index (χ4n) is 6.10. The van der Waals surface area contributed by atoms with Gasteiger partial charge in [0.1, 0.15) is 9.84 Å². The average molecular weight is 300 g/mol. The summed E-state index contributed by atoms with van der Waals surface area (Å²) < 4.78 is 22.9. The van der Waals surface area contributed by atoms with Gasteiger partial charge in [-0.25, -0.2) is 8.42 Å². The summed E-state index contributed by atoms with van der Waals surface area (Å²) in [5, 5.41) is 0. The summed E-state index contributed by atoms with van der Waals surface area (Å²) in [4.78, 5) is 0. The van der Waals surface area contributed by atoms with Crippen molar-refractivity contribution in [2.24, 2.45) is 28.5 Å². The van der Waals surface area contributed by atoms with Gasteiger partial charge in [-0.3, -0.25) is 11.3 Å². The molecular formula is C15H28N2O2S. The molecule has 0 aromatic rings. The summed E-state index contributed by atoms with van der Waals surface area (Å²) >= 11 is 0. The lowest BCUT2D eigenvalue weighted by atomic mass is 9.43. The second kappa shape index (κ2) is 4.68. The number of hydrogen-bond donors (Lipinski definition) is 2. The fraction of sp³-hybridized carbons (Fsp3) is 1.00. The molecule has 0 saturated heterocycles. The summed E-state index contributed by atoms with van der Waals surface area (Å²) in [5.41, 5.74) is 3.71. The summed E-state index contributed by atoms with van der Waals surface area (Å²) in [6.45, 7) is 2.43. The van der Waals surface area contributed by atoms with Gasteiger partial charge in [-0.15, -0.1) is 0 Å². The van der Waals surface area contributed by atoms with E-state index in [0.29, 0.717) is 11.8 Å². The fourth-order valence-corrected chi connectivity index (χ4v) is 6.77. The van der Waals surface area contributed by atoms with Crippen LogP contribution in [-0.2, 0) is 9.84 Å². The number of hydrazine groups is 1. The lowest BCUT2D eigenvalue weighted by Crippen LogP contribution is -2.60. The van der Waals surface area contributed by atoms with Crippen molar-refractivity contribution in [2.45, 2.75) is 57.9 Å². The Labute approximate surface area is 122 Å².